The average Bonchev–Trinajstić information content (AvgIpc) is 2.43. The molecule has 0 N–H and O–H groups in total. The van der Waals surface area contributed by atoms with E-state index >= 15 is 0 Å². The number of ether oxygens (including phenoxy) is 2. The van der Waals surface area contributed by atoms with Crippen LogP contribution in [0.2, 0.25) is 0 Å². The molecule has 0 bridgehead atoms. The van der Waals surface area contributed by atoms with E-state index in [0.29, 0.717) is 11.9 Å². The van der Waals surface area contributed by atoms with Crippen LogP contribution in [0.3, 0.4) is 0 Å². The van der Waals surface area contributed by atoms with Crippen molar-refractivity contribution in [2.24, 2.45) is 0 Å². The van der Waals surface area contributed by atoms with E-state index in [4.69, 9.17) is 21.1 Å². The Kier molecular flexibility index (Phi) is 5.51. The van der Waals surface area contributed by atoms with Gasteiger partial charge in [-0.3, -0.25) is 4.90 Å². The van der Waals surface area contributed by atoms with E-state index in [1.807, 2.05) is 12.1 Å². The van der Waals surface area contributed by atoms with Crippen molar-refractivity contribution in [3.8, 4) is 5.75 Å². The summed E-state index contributed by atoms with van der Waals surface area (Å²) in [6.45, 7) is 4.65. The minimum Gasteiger partial charge on any atom is -0.497 e. The molecular formula is C14H19BrClNO2. The second kappa shape index (κ2) is 6.93. The zero-order chi connectivity index (χ0) is 13.8. The van der Waals surface area contributed by atoms with Crippen LogP contribution in [0.25, 0.3) is 0 Å². The summed E-state index contributed by atoms with van der Waals surface area (Å²) in [5, 5.41) is 0. The van der Waals surface area contributed by atoms with Gasteiger partial charge >= 0.3 is 0 Å². The summed E-state index contributed by atoms with van der Waals surface area (Å²) < 4.78 is 12.1. The van der Waals surface area contributed by atoms with E-state index in [9.17, 15) is 0 Å². The predicted octanol–water partition coefficient (Wildman–Crippen LogP) is 3.29. The van der Waals surface area contributed by atoms with Gasteiger partial charge in [0.1, 0.15) is 5.75 Å². The van der Waals surface area contributed by atoms with Gasteiger partial charge in [-0.1, -0.05) is 15.9 Å². The van der Waals surface area contributed by atoms with E-state index in [2.05, 4.69) is 33.8 Å². The molecule has 2 atom stereocenters. The van der Waals surface area contributed by atoms with Crippen molar-refractivity contribution < 1.29 is 9.47 Å². The molecule has 1 aromatic carbocycles. The monoisotopic (exact) mass is 347 g/mol. The Balaban J connectivity index is 2.10. The number of alkyl halides is 1. The molecule has 2 rings (SSSR count). The normalized spacial score (nSPS) is 24.4. The molecule has 1 aliphatic heterocycles. The van der Waals surface area contributed by atoms with Crippen molar-refractivity contribution in [2.75, 3.05) is 26.1 Å². The van der Waals surface area contributed by atoms with Crippen molar-refractivity contribution in [3.63, 3.8) is 0 Å². The Bertz CT molecular complexity index is 430. The van der Waals surface area contributed by atoms with Gasteiger partial charge in [0.05, 0.1) is 19.8 Å². The summed E-state index contributed by atoms with van der Waals surface area (Å²) in [5.74, 6) is 1.43. The van der Waals surface area contributed by atoms with Crippen molar-refractivity contribution in [2.45, 2.75) is 25.6 Å². The Labute approximate surface area is 128 Å². The summed E-state index contributed by atoms with van der Waals surface area (Å²) in [6.07, 6.45) is 0.127. The lowest BCUT2D eigenvalue weighted by Gasteiger charge is -2.37. The maximum Gasteiger partial charge on any atom is 0.119 e. The Morgan fingerprint density at radius 3 is 3.00 bits per heavy atom. The first kappa shape index (κ1) is 15.1. The Hall–Kier alpha value is -0.290. The van der Waals surface area contributed by atoms with Gasteiger partial charge < -0.3 is 9.47 Å². The van der Waals surface area contributed by atoms with Crippen molar-refractivity contribution >= 4 is 27.5 Å². The molecule has 1 aliphatic rings. The van der Waals surface area contributed by atoms with Gasteiger partial charge in [-0.05, 0) is 30.7 Å². The first-order valence-corrected chi connectivity index (χ1v) is 7.70. The van der Waals surface area contributed by atoms with Gasteiger partial charge in [-0.25, -0.2) is 0 Å². The van der Waals surface area contributed by atoms with Crippen LogP contribution in [0, 0.1) is 0 Å². The molecule has 1 aromatic rings. The second-order valence-electron chi connectivity index (χ2n) is 4.85. The van der Waals surface area contributed by atoms with Gasteiger partial charge in [0.25, 0.3) is 0 Å². The van der Waals surface area contributed by atoms with Crippen molar-refractivity contribution in [1.82, 2.24) is 4.90 Å². The van der Waals surface area contributed by atoms with Gasteiger partial charge in [0.2, 0.25) is 0 Å². The number of benzene rings is 1. The number of nitrogens with zero attached hydrogens (tertiary/aromatic N) is 1. The van der Waals surface area contributed by atoms with Crippen LogP contribution < -0.4 is 4.74 Å². The van der Waals surface area contributed by atoms with Gasteiger partial charge in [-0.15, -0.1) is 11.6 Å². The van der Waals surface area contributed by atoms with Crippen LogP contribution in [0.5, 0.6) is 5.75 Å². The highest BCUT2D eigenvalue weighted by Gasteiger charge is 2.25. The molecule has 1 heterocycles. The summed E-state index contributed by atoms with van der Waals surface area (Å²) in [5.41, 5.74) is 1.22. The molecule has 5 heteroatoms. The third-order valence-corrected chi connectivity index (χ3v) is 4.55. The average molecular weight is 349 g/mol. The zero-order valence-corrected chi connectivity index (χ0v) is 13.6. The molecular weight excluding hydrogens is 330 g/mol. The maximum atomic E-state index is 5.89. The molecule has 106 valence electrons. The number of morpholine rings is 1. The standard InChI is InChI=1S/C14H19BrClNO2/c1-10-9-19-13(6-16)8-17(10)7-11-5-12(18-2)3-4-14(11)15/h3-5,10,13H,6-9H2,1-2H3. The smallest absolute Gasteiger partial charge is 0.119 e. The third-order valence-electron chi connectivity index (χ3n) is 3.43. The van der Waals surface area contributed by atoms with Crippen molar-refractivity contribution in [1.29, 1.82) is 0 Å². The second-order valence-corrected chi connectivity index (χ2v) is 6.01. The van der Waals surface area contributed by atoms with Crippen molar-refractivity contribution in [3.05, 3.63) is 28.2 Å². The fourth-order valence-electron chi connectivity index (χ4n) is 2.21. The van der Waals surface area contributed by atoms with Crippen LogP contribution in [-0.4, -0.2) is 43.2 Å². The molecule has 1 fully saturated rings. The molecule has 0 aromatic heterocycles. The molecule has 0 aliphatic carbocycles. The van der Waals surface area contributed by atoms with Crippen LogP contribution >= 0.6 is 27.5 Å². The minimum atomic E-state index is 0.127. The highest BCUT2D eigenvalue weighted by Crippen LogP contribution is 2.25. The minimum absolute atomic E-state index is 0.127. The molecule has 2 unspecified atom stereocenters. The number of methoxy groups -OCH3 is 1. The fraction of sp³-hybridized carbons (Fsp3) is 0.571. The van der Waals surface area contributed by atoms with E-state index in [0.717, 1.165) is 29.9 Å². The SMILES string of the molecule is COc1ccc(Br)c(CN2CC(CCl)OCC2C)c1. The van der Waals surface area contributed by atoms with Gasteiger partial charge in [0.15, 0.2) is 0 Å². The van der Waals surface area contributed by atoms with Gasteiger partial charge in [0, 0.05) is 29.5 Å². The molecule has 0 spiro atoms. The molecule has 3 nitrogen and oxygen atoms in total. The summed E-state index contributed by atoms with van der Waals surface area (Å²) in [4.78, 5) is 2.40. The first-order chi connectivity index (χ1) is 9.13. The van der Waals surface area contributed by atoms with Gasteiger partial charge in [-0.2, -0.15) is 0 Å². The largest absolute Gasteiger partial charge is 0.497 e. The van der Waals surface area contributed by atoms with E-state index in [1.165, 1.54) is 5.56 Å². The summed E-state index contributed by atoms with van der Waals surface area (Å²) in [6, 6.07) is 6.45. The molecule has 0 amide bonds. The maximum absolute atomic E-state index is 5.89. The lowest BCUT2D eigenvalue weighted by molar-refractivity contribution is -0.0511. The molecule has 0 saturated carbocycles. The highest BCUT2D eigenvalue weighted by atomic mass is 79.9. The van der Waals surface area contributed by atoms with Crippen LogP contribution in [0.4, 0.5) is 0 Å². The fourth-order valence-corrected chi connectivity index (χ4v) is 2.77. The number of rotatable bonds is 4. The summed E-state index contributed by atoms with van der Waals surface area (Å²) >= 11 is 9.49. The topological polar surface area (TPSA) is 21.7 Å². The zero-order valence-electron chi connectivity index (χ0n) is 11.2. The number of hydrogen-bond donors (Lipinski definition) is 0. The Morgan fingerprint density at radius 2 is 2.32 bits per heavy atom. The van der Waals surface area contributed by atoms with Crippen LogP contribution in [-0.2, 0) is 11.3 Å². The lowest BCUT2D eigenvalue weighted by atomic mass is 10.1. The molecule has 0 radical (unpaired) electrons. The molecule has 19 heavy (non-hydrogen) atoms. The quantitative estimate of drug-likeness (QED) is 0.779. The highest BCUT2D eigenvalue weighted by molar-refractivity contribution is 9.10. The Morgan fingerprint density at radius 1 is 1.53 bits per heavy atom. The van der Waals surface area contributed by atoms with E-state index in [1.54, 1.807) is 7.11 Å². The van der Waals surface area contributed by atoms with Crippen LogP contribution in [0.1, 0.15) is 12.5 Å². The number of halogens is 2. The number of hydrogen-bond acceptors (Lipinski definition) is 3. The van der Waals surface area contributed by atoms with Crippen LogP contribution in [0.15, 0.2) is 22.7 Å². The summed E-state index contributed by atoms with van der Waals surface area (Å²) in [7, 11) is 1.69. The molecule has 1 saturated heterocycles. The lowest BCUT2D eigenvalue weighted by Crippen LogP contribution is -2.48. The van der Waals surface area contributed by atoms with E-state index < -0.39 is 0 Å². The third kappa shape index (κ3) is 3.85. The predicted molar refractivity (Wildman–Crippen MR) is 81.0 cm³/mol. The first-order valence-electron chi connectivity index (χ1n) is 6.38. The van der Waals surface area contributed by atoms with E-state index in [-0.39, 0.29) is 6.10 Å².